The van der Waals surface area contributed by atoms with E-state index in [9.17, 15) is 9.59 Å². The van der Waals surface area contributed by atoms with Crippen LogP contribution < -0.4 is 5.32 Å². The number of terminal acetylenes is 1. The Balaban J connectivity index is 0.00000316. The Labute approximate surface area is 218 Å². The van der Waals surface area contributed by atoms with Gasteiger partial charge in [0.1, 0.15) is 6.04 Å². The predicted octanol–water partition coefficient (Wildman–Crippen LogP) is 7.61. The molecule has 0 heterocycles. The normalized spacial score (nSPS) is 10.9. The Morgan fingerprint density at radius 3 is 2.17 bits per heavy atom. The lowest BCUT2D eigenvalue weighted by atomic mass is 9.88. The van der Waals surface area contributed by atoms with Gasteiger partial charge in [0, 0.05) is 11.3 Å². The summed E-state index contributed by atoms with van der Waals surface area (Å²) in [7, 11) is 0. The highest BCUT2D eigenvalue weighted by Crippen LogP contribution is 2.27. The van der Waals surface area contributed by atoms with Crippen molar-refractivity contribution in [3.63, 3.8) is 0 Å². The molecule has 1 unspecified atom stereocenters. The number of carbonyl (C=O) groups excluding carboxylic acids is 2. The van der Waals surface area contributed by atoms with Crippen molar-refractivity contribution in [3.05, 3.63) is 77.9 Å². The van der Waals surface area contributed by atoms with E-state index in [1.54, 1.807) is 23.1 Å². The van der Waals surface area contributed by atoms with Gasteiger partial charge in [-0.3, -0.25) is 9.59 Å². The second-order valence-electron chi connectivity index (χ2n) is 8.48. The third kappa shape index (κ3) is 7.99. The summed E-state index contributed by atoms with van der Waals surface area (Å²) in [5, 5.41) is 3.04. The van der Waals surface area contributed by atoms with Crippen LogP contribution in [0.25, 0.3) is 12.2 Å². The average Bonchev–Trinajstić information content (AvgIpc) is 2.89. The standard InChI is InChI=1S/C30H36N2O2.C2H6/c1-7-14-25(15-8-2)28(29(33)31-26-19-18-23(10-4)24(11-5)21-26)32(20-9-3)30(34)27-17-13-12-16-22(27)6;1-2/h3,10-13,16-19,21,25,28H,4-5,7-8,14-15,20H2,1-2,6H3,(H,31,33);1-2H3. The van der Waals surface area contributed by atoms with Crippen molar-refractivity contribution >= 4 is 29.7 Å². The summed E-state index contributed by atoms with van der Waals surface area (Å²) in [5.41, 5.74) is 3.87. The highest BCUT2D eigenvalue weighted by molar-refractivity contribution is 6.02. The van der Waals surface area contributed by atoms with Gasteiger partial charge in [-0.1, -0.05) is 96.0 Å². The molecule has 4 heteroatoms. The number of benzene rings is 2. The predicted molar refractivity (Wildman–Crippen MR) is 155 cm³/mol. The van der Waals surface area contributed by atoms with Crippen molar-refractivity contribution < 1.29 is 9.59 Å². The molecular weight excluding hydrogens is 444 g/mol. The quantitative estimate of drug-likeness (QED) is 0.314. The Morgan fingerprint density at radius 2 is 1.64 bits per heavy atom. The molecule has 0 spiro atoms. The molecular formula is C32H42N2O2. The number of nitrogens with zero attached hydrogens (tertiary/aromatic N) is 1. The van der Waals surface area contributed by atoms with Crippen LogP contribution >= 0.6 is 0 Å². The number of carbonyl (C=O) groups is 2. The summed E-state index contributed by atoms with van der Waals surface area (Å²) >= 11 is 0. The molecule has 2 amide bonds. The van der Waals surface area contributed by atoms with Gasteiger partial charge in [0.15, 0.2) is 0 Å². The Morgan fingerprint density at radius 1 is 1.03 bits per heavy atom. The molecule has 0 saturated heterocycles. The van der Waals surface area contributed by atoms with Gasteiger partial charge in [0.05, 0.1) is 6.54 Å². The molecule has 0 saturated carbocycles. The van der Waals surface area contributed by atoms with Crippen molar-refractivity contribution in [1.82, 2.24) is 4.90 Å². The van der Waals surface area contributed by atoms with Crippen LogP contribution in [0.3, 0.4) is 0 Å². The minimum atomic E-state index is -0.686. The first kappa shape index (κ1) is 30.5. The Bertz CT molecular complexity index is 1060. The molecule has 36 heavy (non-hydrogen) atoms. The van der Waals surface area contributed by atoms with E-state index in [4.69, 9.17) is 6.42 Å². The number of aryl methyl sites for hydroxylation is 1. The minimum Gasteiger partial charge on any atom is -0.324 e. The van der Waals surface area contributed by atoms with Gasteiger partial charge in [-0.05, 0) is 60.6 Å². The van der Waals surface area contributed by atoms with Crippen LogP contribution in [-0.2, 0) is 4.79 Å². The lowest BCUT2D eigenvalue weighted by Crippen LogP contribution is -2.51. The molecule has 0 radical (unpaired) electrons. The SMILES string of the molecule is C#CCN(C(=O)c1ccccc1C)C(C(=O)Nc1ccc(C=C)c(C=C)c1)C(CCC)CCC.CC. The van der Waals surface area contributed by atoms with Crippen LogP contribution in [-0.4, -0.2) is 29.3 Å². The van der Waals surface area contributed by atoms with Gasteiger partial charge >= 0.3 is 0 Å². The third-order valence-corrected chi connectivity index (χ3v) is 6.06. The van der Waals surface area contributed by atoms with Crippen LogP contribution in [0, 0.1) is 25.2 Å². The molecule has 2 aromatic rings. The maximum absolute atomic E-state index is 13.8. The highest BCUT2D eigenvalue weighted by atomic mass is 16.2. The highest BCUT2D eigenvalue weighted by Gasteiger charge is 2.36. The minimum absolute atomic E-state index is 0.0114. The maximum Gasteiger partial charge on any atom is 0.255 e. The first-order valence-corrected chi connectivity index (χ1v) is 12.9. The molecule has 4 nitrogen and oxygen atoms in total. The molecule has 0 aliphatic rings. The zero-order chi connectivity index (χ0) is 27.1. The second-order valence-corrected chi connectivity index (χ2v) is 8.48. The summed E-state index contributed by atoms with van der Waals surface area (Å²) < 4.78 is 0. The fourth-order valence-corrected chi connectivity index (χ4v) is 4.41. The van der Waals surface area contributed by atoms with E-state index in [1.807, 2.05) is 57.2 Å². The first-order valence-electron chi connectivity index (χ1n) is 12.9. The molecule has 0 aromatic heterocycles. The maximum atomic E-state index is 13.8. The van der Waals surface area contributed by atoms with Crippen LogP contribution in [0.1, 0.15) is 80.4 Å². The van der Waals surface area contributed by atoms with Gasteiger partial charge in [-0.15, -0.1) is 6.42 Å². The smallest absolute Gasteiger partial charge is 0.255 e. The molecule has 192 valence electrons. The van der Waals surface area contributed by atoms with Crippen LogP contribution in [0.5, 0.6) is 0 Å². The topological polar surface area (TPSA) is 49.4 Å². The van der Waals surface area contributed by atoms with Gasteiger partial charge in [0.2, 0.25) is 5.91 Å². The van der Waals surface area contributed by atoms with Crippen LogP contribution in [0.15, 0.2) is 55.6 Å². The molecule has 0 aliphatic heterocycles. The van der Waals surface area contributed by atoms with Gasteiger partial charge in [-0.25, -0.2) is 0 Å². The summed E-state index contributed by atoms with van der Waals surface area (Å²) in [6.07, 6.45) is 12.6. The number of amides is 2. The van der Waals surface area contributed by atoms with Crippen molar-refractivity contribution in [1.29, 1.82) is 0 Å². The molecule has 0 fully saturated rings. The van der Waals surface area contributed by atoms with E-state index in [1.165, 1.54) is 0 Å². The molecule has 1 atom stereocenters. The fraction of sp³-hybridized carbons (Fsp3) is 0.375. The third-order valence-electron chi connectivity index (χ3n) is 6.06. The summed E-state index contributed by atoms with van der Waals surface area (Å²) in [6, 6.07) is 12.3. The monoisotopic (exact) mass is 486 g/mol. The lowest BCUT2D eigenvalue weighted by molar-refractivity contribution is -0.122. The van der Waals surface area contributed by atoms with Crippen molar-refractivity contribution in [2.75, 3.05) is 11.9 Å². The Hall–Kier alpha value is -3.58. The lowest BCUT2D eigenvalue weighted by Gasteiger charge is -2.35. The number of hydrogen-bond donors (Lipinski definition) is 1. The zero-order valence-electron chi connectivity index (χ0n) is 22.6. The van der Waals surface area contributed by atoms with E-state index in [0.717, 1.165) is 42.4 Å². The van der Waals surface area contributed by atoms with Crippen LogP contribution in [0.2, 0.25) is 0 Å². The number of hydrogen-bond acceptors (Lipinski definition) is 2. The molecule has 0 aliphatic carbocycles. The Kier molecular flexibility index (Phi) is 13.7. The molecule has 0 bridgehead atoms. The first-order chi connectivity index (χ1) is 17.4. The average molecular weight is 487 g/mol. The number of anilines is 1. The van der Waals surface area contributed by atoms with Gasteiger partial charge < -0.3 is 10.2 Å². The van der Waals surface area contributed by atoms with E-state index >= 15 is 0 Å². The summed E-state index contributed by atoms with van der Waals surface area (Å²) in [4.78, 5) is 29.0. The van der Waals surface area contributed by atoms with E-state index in [2.05, 4.69) is 38.2 Å². The van der Waals surface area contributed by atoms with E-state index in [0.29, 0.717) is 11.3 Å². The van der Waals surface area contributed by atoms with Crippen molar-refractivity contribution in [2.24, 2.45) is 5.92 Å². The number of nitrogens with one attached hydrogen (secondary N) is 1. The molecule has 2 rings (SSSR count). The van der Waals surface area contributed by atoms with E-state index < -0.39 is 6.04 Å². The number of rotatable bonds is 12. The molecule has 1 N–H and O–H groups in total. The van der Waals surface area contributed by atoms with Crippen molar-refractivity contribution in [2.45, 2.75) is 66.3 Å². The van der Waals surface area contributed by atoms with Gasteiger partial charge in [0.25, 0.3) is 5.91 Å². The fourth-order valence-electron chi connectivity index (χ4n) is 4.41. The van der Waals surface area contributed by atoms with Gasteiger partial charge in [-0.2, -0.15) is 0 Å². The van der Waals surface area contributed by atoms with Crippen LogP contribution in [0.4, 0.5) is 5.69 Å². The molecule has 2 aromatic carbocycles. The second kappa shape index (κ2) is 16.2. The summed E-state index contributed by atoms with van der Waals surface area (Å²) in [6.45, 7) is 17.8. The largest absolute Gasteiger partial charge is 0.324 e. The van der Waals surface area contributed by atoms with E-state index in [-0.39, 0.29) is 24.3 Å². The van der Waals surface area contributed by atoms with Crippen molar-refractivity contribution in [3.8, 4) is 12.3 Å². The summed E-state index contributed by atoms with van der Waals surface area (Å²) in [5.74, 6) is 2.15. The zero-order valence-corrected chi connectivity index (χ0v) is 22.6.